The summed E-state index contributed by atoms with van der Waals surface area (Å²) in [7, 11) is 1.61. The van der Waals surface area contributed by atoms with Crippen LogP contribution in [0.4, 0.5) is 5.82 Å². The van der Waals surface area contributed by atoms with Gasteiger partial charge in [0.05, 0.1) is 19.5 Å². The van der Waals surface area contributed by atoms with E-state index in [9.17, 15) is 0 Å². The molecule has 82 valence electrons. The Balaban J connectivity index is 2.19. The fourth-order valence-corrected chi connectivity index (χ4v) is 1.76. The molecular weight excluding hydrogens is 192 g/mol. The van der Waals surface area contributed by atoms with Crippen LogP contribution in [0.15, 0.2) is 12.4 Å². The largest absolute Gasteiger partial charge is 0.480 e. The lowest BCUT2D eigenvalue weighted by Gasteiger charge is -2.34. The van der Waals surface area contributed by atoms with Crippen LogP contribution >= 0.6 is 0 Å². The molecule has 0 amide bonds. The quantitative estimate of drug-likeness (QED) is 0.756. The lowest BCUT2D eigenvalue weighted by molar-refractivity contribution is 0.394. The summed E-state index contributed by atoms with van der Waals surface area (Å²) < 4.78 is 5.06. The van der Waals surface area contributed by atoms with Crippen LogP contribution < -0.4 is 15.0 Å². The number of ether oxygens (including phenoxy) is 1. The number of methoxy groups -OCH3 is 1. The van der Waals surface area contributed by atoms with Crippen LogP contribution in [0.5, 0.6) is 5.88 Å². The minimum Gasteiger partial charge on any atom is -0.480 e. The fourth-order valence-electron chi connectivity index (χ4n) is 1.76. The number of anilines is 1. The zero-order chi connectivity index (χ0) is 10.7. The van der Waals surface area contributed by atoms with E-state index in [1.54, 1.807) is 19.5 Å². The third-order valence-corrected chi connectivity index (χ3v) is 2.60. The van der Waals surface area contributed by atoms with Crippen molar-refractivity contribution in [1.29, 1.82) is 0 Å². The summed E-state index contributed by atoms with van der Waals surface area (Å²) in [5.74, 6) is 1.46. The summed E-state index contributed by atoms with van der Waals surface area (Å²) in [5, 5.41) is 3.34. The van der Waals surface area contributed by atoms with Gasteiger partial charge in [-0.15, -0.1) is 0 Å². The van der Waals surface area contributed by atoms with Gasteiger partial charge in [0.1, 0.15) is 0 Å². The van der Waals surface area contributed by atoms with Gasteiger partial charge >= 0.3 is 0 Å². The number of piperazine rings is 1. The molecule has 0 bridgehead atoms. The van der Waals surface area contributed by atoms with Gasteiger partial charge in [-0.2, -0.15) is 4.98 Å². The Morgan fingerprint density at radius 1 is 1.53 bits per heavy atom. The van der Waals surface area contributed by atoms with Crippen molar-refractivity contribution in [3.8, 4) is 5.88 Å². The molecular formula is C10H16N4O. The van der Waals surface area contributed by atoms with Crippen LogP contribution in [0.2, 0.25) is 0 Å². The molecule has 1 N–H and O–H groups in total. The van der Waals surface area contributed by atoms with Crippen LogP contribution in [-0.2, 0) is 0 Å². The van der Waals surface area contributed by atoms with E-state index in [1.807, 2.05) is 0 Å². The minimum atomic E-state index is 0.445. The highest BCUT2D eigenvalue weighted by Crippen LogP contribution is 2.16. The third kappa shape index (κ3) is 2.18. The molecule has 1 aliphatic rings. The molecule has 0 aliphatic carbocycles. The van der Waals surface area contributed by atoms with Gasteiger partial charge in [0.15, 0.2) is 5.82 Å². The Labute approximate surface area is 89.5 Å². The van der Waals surface area contributed by atoms with E-state index in [2.05, 4.69) is 27.1 Å². The van der Waals surface area contributed by atoms with Gasteiger partial charge in [0.25, 0.3) is 0 Å². The highest BCUT2D eigenvalue weighted by Gasteiger charge is 2.19. The number of rotatable bonds is 2. The van der Waals surface area contributed by atoms with E-state index in [4.69, 9.17) is 4.74 Å². The smallest absolute Gasteiger partial charge is 0.233 e. The molecule has 2 rings (SSSR count). The Kier molecular flexibility index (Phi) is 3.01. The normalized spacial score (nSPS) is 21.5. The number of hydrogen-bond donors (Lipinski definition) is 1. The molecule has 1 aromatic heterocycles. The second-order valence-corrected chi connectivity index (χ2v) is 3.67. The summed E-state index contributed by atoms with van der Waals surface area (Å²) in [6, 6.07) is 0.445. The van der Waals surface area contributed by atoms with E-state index in [0.717, 1.165) is 25.5 Å². The fraction of sp³-hybridized carbons (Fsp3) is 0.600. The zero-order valence-corrected chi connectivity index (χ0v) is 9.10. The molecule has 1 unspecified atom stereocenters. The zero-order valence-electron chi connectivity index (χ0n) is 9.10. The predicted octanol–water partition coefficient (Wildman–Crippen LogP) is 0.283. The van der Waals surface area contributed by atoms with Crippen molar-refractivity contribution in [2.24, 2.45) is 0 Å². The van der Waals surface area contributed by atoms with Gasteiger partial charge in [-0.3, -0.25) is 4.98 Å². The van der Waals surface area contributed by atoms with Crippen LogP contribution in [-0.4, -0.2) is 42.8 Å². The van der Waals surface area contributed by atoms with Crippen molar-refractivity contribution >= 4 is 5.82 Å². The van der Waals surface area contributed by atoms with Crippen molar-refractivity contribution in [1.82, 2.24) is 15.3 Å². The van der Waals surface area contributed by atoms with Crippen LogP contribution in [0.3, 0.4) is 0 Å². The molecule has 1 saturated heterocycles. The Bertz CT molecular complexity index is 331. The average molecular weight is 208 g/mol. The van der Waals surface area contributed by atoms with Gasteiger partial charge in [-0.1, -0.05) is 0 Å². The third-order valence-electron chi connectivity index (χ3n) is 2.60. The maximum Gasteiger partial charge on any atom is 0.233 e. The maximum atomic E-state index is 5.06. The molecule has 0 saturated carbocycles. The van der Waals surface area contributed by atoms with Crippen LogP contribution in [0.1, 0.15) is 6.92 Å². The van der Waals surface area contributed by atoms with Crippen LogP contribution in [0, 0.1) is 0 Å². The number of aromatic nitrogens is 2. The summed E-state index contributed by atoms with van der Waals surface area (Å²) in [6.07, 6.45) is 3.40. The summed E-state index contributed by atoms with van der Waals surface area (Å²) in [4.78, 5) is 10.7. The van der Waals surface area contributed by atoms with E-state index >= 15 is 0 Å². The monoisotopic (exact) mass is 208 g/mol. The first-order chi connectivity index (χ1) is 7.31. The molecule has 1 atom stereocenters. The van der Waals surface area contributed by atoms with E-state index < -0.39 is 0 Å². The lowest BCUT2D eigenvalue weighted by Crippen LogP contribution is -2.50. The maximum absolute atomic E-state index is 5.06. The summed E-state index contributed by atoms with van der Waals surface area (Å²) >= 11 is 0. The molecule has 1 aliphatic heterocycles. The standard InChI is InChI=1S/C10H16N4O/c1-8-5-11-3-4-14(8)9-6-12-7-10(13-9)15-2/h6-8,11H,3-5H2,1-2H3. The summed E-state index contributed by atoms with van der Waals surface area (Å²) in [6.45, 7) is 5.11. The Hall–Kier alpha value is -1.36. The van der Waals surface area contributed by atoms with Gasteiger partial charge in [0, 0.05) is 25.7 Å². The highest BCUT2D eigenvalue weighted by atomic mass is 16.5. The number of hydrogen-bond acceptors (Lipinski definition) is 5. The van der Waals surface area contributed by atoms with Crippen molar-refractivity contribution in [2.45, 2.75) is 13.0 Å². The van der Waals surface area contributed by atoms with Gasteiger partial charge < -0.3 is 15.0 Å². The van der Waals surface area contributed by atoms with Gasteiger partial charge in [-0.05, 0) is 6.92 Å². The minimum absolute atomic E-state index is 0.445. The molecule has 0 spiro atoms. The second-order valence-electron chi connectivity index (χ2n) is 3.67. The SMILES string of the molecule is COc1cncc(N2CCNCC2C)n1. The molecule has 5 heteroatoms. The average Bonchev–Trinajstić information content (AvgIpc) is 2.30. The molecule has 5 nitrogen and oxygen atoms in total. The van der Waals surface area contributed by atoms with Crippen molar-refractivity contribution in [2.75, 3.05) is 31.6 Å². The van der Waals surface area contributed by atoms with Crippen molar-refractivity contribution in [3.63, 3.8) is 0 Å². The Morgan fingerprint density at radius 2 is 2.40 bits per heavy atom. The molecule has 1 fully saturated rings. The topological polar surface area (TPSA) is 50.3 Å². The molecule has 15 heavy (non-hydrogen) atoms. The predicted molar refractivity (Wildman–Crippen MR) is 58.3 cm³/mol. The molecule has 1 aromatic rings. The number of nitrogens with zero attached hydrogens (tertiary/aromatic N) is 3. The van der Waals surface area contributed by atoms with Crippen LogP contribution in [0.25, 0.3) is 0 Å². The first-order valence-corrected chi connectivity index (χ1v) is 5.14. The van der Waals surface area contributed by atoms with E-state index in [-0.39, 0.29) is 0 Å². The summed E-state index contributed by atoms with van der Waals surface area (Å²) in [5.41, 5.74) is 0. The molecule has 2 heterocycles. The molecule has 0 aromatic carbocycles. The van der Waals surface area contributed by atoms with Crippen molar-refractivity contribution < 1.29 is 4.74 Å². The van der Waals surface area contributed by atoms with Gasteiger partial charge in [-0.25, -0.2) is 0 Å². The first kappa shape index (κ1) is 10.2. The first-order valence-electron chi connectivity index (χ1n) is 5.14. The number of nitrogens with one attached hydrogen (secondary N) is 1. The van der Waals surface area contributed by atoms with E-state index in [1.165, 1.54) is 0 Å². The molecule has 0 radical (unpaired) electrons. The van der Waals surface area contributed by atoms with Gasteiger partial charge in [0.2, 0.25) is 5.88 Å². The highest BCUT2D eigenvalue weighted by molar-refractivity contribution is 5.39. The lowest BCUT2D eigenvalue weighted by atomic mass is 10.2. The van der Waals surface area contributed by atoms with E-state index in [0.29, 0.717) is 11.9 Å². The Morgan fingerprint density at radius 3 is 3.13 bits per heavy atom. The second kappa shape index (κ2) is 4.44. The van der Waals surface area contributed by atoms with Crippen molar-refractivity contribution in [3.05, 3.63) is 12.4 Å².